The van der Waals surface area contributed by atoms with Gasteiger partial charge in [-0.1, -0.05) is 24.9 Å². The van der Waals surface area contributed by atoms with Crippen LogP contribution in [0.15, 0.2) is 6.08 Å². The number of aliphatic hydroxyl groups excluding tert-OH is 1. The van der Waals surface area contributed by atoms with Crippen molar-refractivity contribution in [1.29, 1.82) is 0 Å². The lowest BCUT2D eigenvalue weighted by atomic mass is 10.2. The molecule has 1 heterocycles. The molecule has 0 unspecified atom stereocenters. The number of aliphatic hydroxyl groups is 1. The van der Waals surface area contributed by atoms with E-state index in [2.05, 4.69) is 17.3 Å². The molecule has 2 N–H and O–H groups in total. The average Bonchev–Trinajstić information content (AvgIpc) is 2.69. The molecule has 1 atom stereocenters. The van der Waals surface area contributed by atoms with Crippen LogP contribution >= 0.6 is 11.6 Å². The zero-order chi connectivity index (χ0) is 15.8. The Kier molecular flexibility index (Phi) is 7.47. The molecular weight excluding hydrogens is 290 g/mol. The first kappa shape index (κ1) is 17.7. The summed E-state index contributed by atoms with van der Waals surface area (Å²) in [6.07, 6.45) is 5.77. The molecule has 6 heteroatoms. The largest absolute Gasteiger partial charge is 0.396 e. The number of aromatic nitrogens is 2. The Hall–Kier alpha value is -1.33. The molecule has 0 bridgehead atoms. The van der Waals surface area contributed by atoms with Crippen LogP contribution in [0.5, 0.6) is 0 Å². The predicted molar refractivity (Wildman–Crippen MR) is 85.2 cm³/mol. The number of unbranched alkanes of at least 4 members (excludes halogenated alkanes) is 1. The zero-order valence-electron chi connectivity index (χ0n) is 12.9. The van der Waals surface area contributed by atoms with Gasteiger partial charge in [-0.25, -0.2) is 0 Å². The highest BCUT2D eigenvalue weighted by Gasteiger charge is 2.11. The highest BCUT2D eigenvalue weighted by atomic mass is 35.5. The van der Waals surface area contributed by atoms with E-state index < -0.39 is 0 Å². The first-order valence-corrected chi connectivity index (χ1v) is 7.69. The van der Waals surface area contributed by atoms with Crippen LogP contribution in [0, 0.1) is 6.92 Å². The number of hydrogen-bond donors (Lipinski definition) is 2. The van der Waals surface area contributed by atoms with Gasteiger partial charge in [-0.15, -0.1) is 0 Å². The van der Waals surface area contributed by atoms with Crippen molar-refractivity contribution in [2.24, 2.45) is 0 Å². The molecule has 0 saturated carbocycles. The van der Waals surface area contributed by atoms with Gasteiger partial charge in [0.25, 0.3) is 0 Å². The van der Waals surface area contributed by atoms with Gasteiger partial charge < -0.3 is 10.4 Å². The predicted octanol–water partition coefficient (Wildman–Crippen LogP) is 2.55. The fraction of sp³-hybridized carbons (Fsp3) is 0.600. The van der Waals surface area contributed by atoms with Gasteiger partial charge in [-0.3, -0.25) is 9.48 Å². The van der Waals surface area contributed by atoms with Gasteiger partial charge in [0.05, 0.1) is 5.69 Å². The fourth-order valence-corrected chi connectivity index (χ4v) is 2.25. The van der Waals surface area contributed by atoms with Crippen LogP contribution in [0.4, 0.5) is 0 Å². The summed E-state index contributed by atoms with van der Waals surface area (Å²) in [5.41, 5.74) is 1.58. The number of nitrogens with zero attached hydrogens (tertiary/aromatic N) is 2. The molecule has 0 radical (unpaired) electrons. The standard InChI is InChI=1S/C15H24ClN3O2/c1-4-5-9-19-15(16)13(12(3)18-19)6-7-14(21)17-11(2)8-10-20/h6-7,11,20H,4-5,8-10H2,1-3H3,(H,17,21)/t11-/m1/s1. The van der Waals surface area contributed by atoms with E-state index in [1.807, 2.05) is 13.8 Å². The third-order valence-electron chi connectivity index (χ3n) is 3.18. The van der Waals surface area contributed by atoms with E-state index in [0.717, 1.165) is 30.6 Å². The molecule has 118 valence electrons. The number of halogens is 1. The van der Waals surface area contributed by atoms with Gasteiger partial charge in [0.1, 0.15) is 5.15 Å². The molecule has 21 heavy (non-hydrogen) atoms. The van der Waals surface area contributed by atoms with E-state index in [1.165, 1.54) is 6.08 Å². The van der Waals surface area contributed by atoms with Crippen molar-refractivity contribution in [3.63, 3.8) is 0 Å². The molecule has 1 aromatic rings. The minimum atomic E-state index is -0.201. The van der Waals surface area contributed by atoms with Crippen molar-refractivity contribution in [1.82, 2.24) is 15.1 Å². The summed E-state index contributed by atoms with van der Waals surface area (Å²) in [5.74, 6) is -0.201. The normalized spacial score (nSPS) is 12.8. The molecular formula is C15H24ClN3O2. The molecule has 5 nitrogen and oxygen atoms in total. The summed E-state index contributed by atoms with van der Waals surface area (Å²) in [6, 6.07) is -0.0593. The molecule has 0 fully saturated rings. The monoisotopic (exact) mass is 313 g/mol. The average molecular weight is 314 g/mol. The van der Waals surface area contributed by atoms with Crippen LogP contribution in [0.25, 0.3) is 6.08 Å². The van der Waals surface area contributed by atoms with Crippen LogP contribution in [0.3, 0.4) is 0 Å². The Morgan fingerprint density at radius 3 is 2.90 bits per heavy atom. The van der Waals surface area contributed by atoms with E-state index >= 15 is 0 Å². The van der Waals surface area contributed by atoms with Crippen molar-refractivity contribution >= 4 is 23.6 Å². The SMILES string of the molecule is CCCCn1nc(C)c(C=CC(=O)N[C@H](C)CCO)c1Cl. The summed E-state index contributed by atoms with van der Waals surface area (Å²) in [7, 11) is 0. The number of carbonyl (C=O) groups excluding carboxylic acids is 1. The smallest absolute Gasteiger partial charge is 0.244 e. The van der Waals surface area contributed by atoms with E-state index in [9.17, 15) is 4.79 Å². The first-order chi connectivity index (χ1) is 9.99. The second-order valence-electron chi connectivity index (χ2n) is 5.12. The Balaban J connectivity index is 2.71. The lowest BCUT2D eigenvalue weighted by Gasteiger charge is -2.09. The third kappa shape index (κ3) is 5.52. The minimum absolute atomic E-state index is 0.0558. The van der Waals surface area contributed by atoms with Gasteiger partial charge in [0.2, 0.25) is 5.91 Å². The minimum Gasteiger partial charge on any atom is -0.396 e. The second-order valence-corrected chi connectivity index (χ2v) is 5.48. The number of hydrogen-bond acceptors (Lipinski definition) is 3. The van der Waals surface area contributed by atoms with Gasteiger partial charge in [0.15, 0.2) is 0 Å². The van der Waals surface area contributed by atoms with Crippen molar-refractivity contribution in [3.8, 4) is 0 Å². The van der Waals surface area contributed by atoms with Crippen LogP contribution < -0.4 is 5.32 Å². The summed E-state index contributed by atoms with van der Waals surface area (Å²) in [4.78, 5) is 11.8. The Bertz CT molecular complexity index is 497. The first-order valence-electron chi connectivity index (χ1n) is 7.31. The quantitative estimate of drug-likeness (QED) is 0.725. The summed E-state index contributed by atoms with van der Waals surface area (Å²) >= 11 is 6.29. The molecule has 0 aromatic carbocycles. The molecule has 1 amide bonds. The molecule has 0 saturated heterocycles. The number of carbonyl (C=O) groups is 1. The van der Waals surface area contributed by atoms with Crippen LogP contribution in [0.1, 0.15) is 44.4 Å². The van der Waals surface area contributed by atoms with Gasteiger partial charge in [-0.05, 0) is 32.8 Å². The van der Waals surface area contributed by atoms with Crippen molar-refractivity contribution in [2.75, 3.05) is 6.61 Å². The maximum absolute atomic E-state index is 11.8. The van der Waals surface area contributed by atoms with Crippen molar-refractivity contribution in [3.05, 3.63) is 22.5 Å². The number of rotatable bonds is 8. The van der Waals surface area contributed by atoms with E-state index in [4.69, 9.17) is 16.7 Å². The number of nitrogens with one attached hydrogen (secondary N) is 1. The Labute approximate surface area is 131 Å². The van der Waals surface area contributed by atoms with Crippen molar-refractivity contribution < 1.29 is 9.90 Å². The van der Waals surface area contributed by atoms with Crippen LogP contribution in [-0.4, -0.2) is 33.4 Å². The molecule has 1 rings (SSSR count). The molecule has 0 spiro atoms. The fourth-order valence-electron chi connectivity index (χ4n) is 1.93. The molecule has 1 aromatic heterocycles. The lowest BCUT2D eigenvalue weighted by Crippen LogP contribution is -2.31. The van der Waals surface area contributed by atoms with E-state index in [1.54, 1.807) is 10.8 Å². The van der Waals surface area contributed by atoms with Crippen LogP contribution in [0.2, 0.25) is 5.15 Å². The molecule has 0 aliphatic carbocycles. The summed E-state index contributed by atoms with van der Waals surface area (Å²) in [6.45, 7) is 6.68. The van der Waals surface area contributed by atoms with Gasteiger partial charge in [0, 0.05) is 30.8 Å². The van der Waals surface area contributed by atoms with Gasteiger partial charge in [-0.2, -0.15) is 5.10 Å². The zero-order valence-corrected chi connectivity index (χ0v) is 13.7. The highest BCUT2D eigenvalue weighted by Crippen LogP contribution is 2.21. The maximum atomic E-state index is 11.8. The second kappa shape index (κ2) is 8.85. The summed E-state index contributed by atoms with van der Waals surface area (Å²) in [5, 5.41) is 16.5. The lowest BCUT2D eigenvalue weighted by molar-refractivity contribution is -0.117. The Morgan fingerprint density at radius 1 is 1.57 bits per heavy atom. The molecule has 0 aliphatic heterocycles. The van der Waals surface area contributed by atoms with Crippen LogP contribution in [-0.2, 0) is 11.3 Å². The Morgan fingerprint density at radius 2 is 2.29 bits per heavy atom. The van der Waals surface area contributed by atoms with Gasteiger partial charge >= 0.3 is 0 Å². The van der Waals surface area contributed by atoms with Crippen molar-refractivity contribution in [2.45, 2.75) is 52.6 Å². The highest BCUT2D eigenvalue weighted by molar-refractivity contribution is 6.31. The maximum Gasteiger partial charge on any atom is 0.244 e. The van der Waals surface area contributed by atoms with E-state index in [-0.39, 0.29) is 18.6 Å². The molecule has 0 aliphatic rings. The summed E-state index contributed by atoms with van der Waals surface area (Å²) < 4.78 is 1.77. The van der Waals surface area contributed by atoms with E-state index in [0.29, 0.717) is 11.6 Å². The topological polar surface area (TPSA) is 67.2 Å². The number of aryl methyl sites for hydroxylation is 2. The number of amides is 1. The third-order valence-corrected chi connectivity index (χ3v) is 3.58.